The molecular weight excluding hydrogens is 348 g/mol. The van der Waals surface area contributed by atoms with Gasteiger partial charge in [0.25, 0.3) is 5.91 Å². The molecule has 0 aliphatic carbocycles. The first-order valence-electron chi connectivity index (χ1n) is 8.78. The summed E-state index contributed by atoms with van der Waals surface area (Å²) in [6.07, 6.45) is 0.00843. The van der Waals surface area contributed by atoms with Gasteiger partial charge in [-0.1, -0.05) is 37.3 Å². The Bertz CT molecular complexity index is 779. The average molecular weight is 372 g/mol. The molecule has 0 saturated heterocycles. The molecule has 2 aromatic carbocycles. The predicted molar refractivity (Wildman–Crippen MR) is 102 cm³/mol. The van der Waals surface area contributed by atoms with Crippen LogP contribution < -0.4 is 14.8 Å². The van der Waals surface area contributed by atoms with E-state index >= 15 is 0 Å². The van der Waals surface area contributed by atoms with Gasteiger partial charge in [0, 0.05) is 12.5 Å². The monoisotopic (exact) mass is 372 g/mol. The van der Waals surface area contributed by atoms with Crippen molar-refractivity contribution in [1.82, 2.24) is 5.32 Å². The van der Waals surface area contributed by atoms with E-state index in [1.165, 1.54) is 19.2 Å². The Morgan fingerprint density at radius 1 is 1.22 bits per heavy atom. The first-order valence-corrected chi connectivity index (χ1v) is 8.78. The van der Waals surface area contributed by atoms with Crippen molar-refractivity contribution in [2.45, 2.75) is 32.3 Å². The van der Waals surface area contributed by atoms with Crippen LogP contribution in [-0.4, -0.2) is 30.6 Å². The van der Waals surface area contributed by atoms with Crippen molar-refractivity contribution in [3.8, 4) is 11.5 Å². The lowest BCUT2D eigenvalue weighted by Gasteiger charge is -2.19. The van der Waals surface area contributed by atoms with Crippen LogP contribution >= 0.6 is 0 Å². The molecule has 2 aromatic rings. The molecule has 7 heteroatoms. The van der Waals surface area contributed by atoms with Crippen molar-refractivity contribution in [2.75, 3.05) is 13.7 Å². The molecule has 0 heterocycles. The molecule has 0 aliphatic heterocycles. The van der Waals surface area contributed by atoms with Crippen molar-refractivity contribution >= 4 is 11.6 Å². The van der Waals surface area contributed by atoms with Crippen molar-refractivity contribution in [2.24, 2.45) is 0 Å². The second kappa shape index (κ2) is 9.56. The van der Waals surface area contributed by atoms with Gasteiger partial charge in [0.2, 0.25) is 0 Å². The summed E-state index contributed by atoms with van der Waals surface area (Å²) in [5.74, 6) is 0.241. The Morgan fingerprint density at radius 3 is 2.52 bits per heavy atom. The molecule has 7 nitrogen and oxygen atoms in total. The third-order valence-electron chi connectivity index (χ3n) is 4.32. The number of amides is 1. The molecule has 0 aromatic heterocycles. The largest absolute Gasteiger partial charge is 0.496 e. The zero-order valence-electron chi connectivity index (χ0n) is 15.7. The lowest BCUT2D eigenvalue weighted by atomic mass is 9.96. The van der Waals surface area contributed by atoms with Gasteiger partial charge < -0.3 is 14.8 Å². The SMILES string of the molecule is CC[C@@H](CNC(=O)[C@H](C)Oc1ccc(OC)cc1[N+](=O)[O-])c1ccccc1. The highest BCUT2D eigenvalue weighted by molar-refractivity contribution is 5.81. The molecule has 0 aliphatic rings. The fourth-order valence-corrected chi connectivity index (χ4v) is 2.70. The summed E-state index contributed by atoms with van der Waals surface area (Å²) >= 11 is 0. The van der Waals surface area contributed by atoms with Gasteiger partial charge in [0.05, 0.1) is 18.1 Å². The van der Waals surface area contributed by atoms with Gasteiger partial charge in [-0.05, 0) is 31.0 Å². The number of ether oxygens (including phenoxy) is 2. The zero-order valence-corrected chi connectivity index (χ0v) is 15.7. The second-order valence-electron chi connectivity index (χ2n) is 6.11. The van der Waals surface area contributed by atoms with E-state index in [0.29, 0.717) is 12.3 Å². The van der Waals surface area contributed by atoms with Crippen LogP contribution in [0.15, 0.2) is 48.5 Å². The van der Waals surface area contributed by atoms with E-state index in [2.05, 4.69) is 12.2 Å². The van der Waals surface area contributed by atoms with Crippen molar-refractivity contribution in [1.29, 1.82) is 0 Å². The summed E-state index contributed by atoms with van der Waals surface area (Å²) in [4.78, 5) is 23.0. The van der Waals surface area contributed by atoms with Crippen LogP contribution in [-0.2, 0) is 4.79 Å². The molecule has 1 N–H and O–H groups in total. The lowest BCUT2D eigenvalue weighted by Crippen LogP contribution is -2.38. The fraction of sp³-hybridized carbons (Fsp3) is 0.350. The summed E-state index contributed by atoms with van der Waals surface area (Å²) in [5, 5.41) is 14.1. The predicted octanol–water partition coefficient (Wildman–Crippen LogP) is 3.68. The lowest BCUT2D eigenvalue weighted by molar-refractivity contribution is -0.386. The van der Waals surface area contributed by atoms with Gasteiger partial charge in [-0.2, -0.15) is 0 Å². The van der Waals surface area contributed by atoms with Gasteiger partial charge in [0.15, 0.2) is 11.9 Å². The first kappa shape index (κ1) is 20.2. The molecule has 2 rings (SSSR count). The Morgan fingerprint density at radius 2 is 1.93 bits per heavy atom. The van der Waals surface area contributed by atoms with Crippen LogP contribution in [0.5, 0.6) is 11.5 Å². The van der Waals surface area contributed by atoms with Crippen LogP contribution in [0.25, 0.3) is 0 Å². The minimum Gasteiger partial charge on any atom is -0.496 e. The molecule has 0 spiro atoms. The number of nitrogens with zero attached hydrogens (tertiary/aromatic N) is 1. The fourth-order valence-electron chi connectivity index (χ4n) is 2.70. The number of hydrogen-bond donors (Lipinski definition) is 1. The Hall–Kier alpha value is -3.09. The smallest absolute Gasteiger partial charge is 0.314 e. The maximum absolute atomic E-state index is 12.4. The number of carbonyl (C=O) groups excluding carboxylic acids is 1. The van der Waals surface area contributed by atoms with E-state index in [0.717, 1.165) is 12.0 Å². The van der Waals surface area contributed by atoms with E-state index in [-0.39, 0.29) is 23.3 Å². The summed E-state index contributed by atoms with van der Waals surface area (Å²) in [7, 11) is 1.42. The minimum absolute atomic E-state index is 0.0264. The molecular formula is C20H24N2O5. The van der Waals surface area contributed by atoms with E-state index < -0.39 is 11.0 Å². The summed E-state index contributed by atoms with van der Waals surface area (Å²) in [6, 6.07) is 14.2. The Kier molecular flexibility index (Phi) is 7.16. The highest BCUT2D eigenvalue weighted by Crippen LogP contribution is 2.31. The van der Waals surface area contributed by atoms with E-state index in [1.807, 2.05) is 30.3 Å². The van der Waals surface area contributed by atoms with Crippen LogP contribution in [0.4, 0.5) is 5.69 Å². The molecule has 0 unspecified atom stereocenters. The molecule has 0 bridgehead atoms. The standard InChI is InChI=1S/C20H24N2O5/c1-4-15(16-8-6-5-7-9-16)13-21-20(23)14(2)27-19-11-10-17(26-3)12-18(19)22(24)25/h5-12,14-15H,4,13H2,1-3H3,(H,21,23)/t14-,15-/m0/s1. The number of benzene rings is 2. The highest BCUT2D eigenvalue weighted by Gasteiger charge is 2.22. The number of methoxy groups -OCH3 is 1. The van der Waals surface area contributed by atoms with Crippen LogP contribution in [0.3, 0.4) is 0 Å². The van der Waals surface area contributed by atoms with E-state index in [9.17, 15) is 14.9 Å². The molecule has 144 valence electrons. The maximum Gasteiger partial charge on any atom is 0.314 e. The maximum atomic E-state index is 12.4. The normalized spacial score (nSPS) is 12.7. The van der Waals surface area contributed by atoms with Crippen molar-refractivity contribution < 1.29 is 19.2 Å². The summed E-state index contributed by atoms with van der Waals surface area (Å²) < 4.78 is 10.5. The first-order chi connectivity index (χ1) is 13.0. The number of carbonyl (C=O) groups is 1. The quantitative estimate of drug-likeness (QED) is 0.536. The topological polar surface area (TPSA) is 90.7 Å². The van der Waals surface area contributed by atoms with Gasteiger partial charge >= 0.3 is 5.69 Å². The summed E-state index contributed by atoms with van der Waals surface area (Å²) in [6.45, 7) is 4.09. The third-order valence-corrected chi connectivity index (χ3v) is 4.32. The molecule has 0 fully saturated rings. The highest BCUT2D eigenvalue weighted by atomic mass is 16.6. The number of nitro groups is 1. The molecule has 0 radical (unpaired) electrons. The van der Waals surface area contributed by atoms with Crippen LogP contribution in [0, 0.1) is 10.1 Å². The van der Waals surface area contributed by atoms with Crippen LogP contribution in [0.1, 0.15) is 31.7 Å². The van der Waals surface area contributed by atoms with E-state index in [4.69, 9.17) is 9.47 Å². The van der Waals surface area contributed by atoms with Gasteiger partial charge in [-0.15, -0.1) is 0 Å². The molecule has 2 atom stereocenters. The van der Waals surface area contributed by atoms with Gasteiger partial charge in [-0.3, -0.25) is 14.9 Å². The number of nitrogens with one attached hydrogen (secondary N) is 1. The molecule has 1 amide bonds. The average Bonchev–Trinajstić information content (AvgIpc) is 2.69. The molecule has 0 saturated carbocycles. The van der Waals surface area contributed by atoms with Gasteiger partial charge in [0.1, 0.15) is 5.75 Å². The number of nitro benzene ring substituents is 1. The summed E-state index contributed by atoms with van der Waals surface area (Å²) in [5.41, 5.74) is 0.907. The third kappa shape index (κ3) is 5.44. The number of hydrogen-bond acceptors (Lipinski definition) is 5. The Labute approximate surface area is 158 Å². The van der Waals surface area contributed by atoms with Crippen LogP contribution in [0.2, 0.25) is 0 Å². The van der Waals surface area contributed by atoms with Crippen molar-refractivity contribution in [3.05, 3.63) is 64.2 Å². The van der Waals surface area contributed by atoms with E-state index in [1.54, 1.807) is 13.0 Å². The zero-order chi connectivity index (χ0) is 19.8. The van der Waals surface area contributed by atoms with Gasteiger partial charge in [-0.25, -0.2) is 0 Å². The van der Waals surface area contributed by atoms with Crippen molar-refractivity contribution in [3.63, 3.8) is 0 Å². The molecule has 27 heavy (non-hydrogen) atoms. The second-order valence-corrected chi connectivity index (χ2v) is 6.11. The minimum atomic E-state index is -0.870. The number of rotatable bonds is 9. The Balaban J connectivity index is 2.00.